The smallest absolute Gasteiger partial charge is 0.303 e. The molecule has 0 aliphatic rings. The number of hydrogen-bond acceptors (Lipinski definition) is 2. The lowest BCUT2D eigenvalue weighted by molar-refractivity contribution is -0.138. The largest absolute Gasteiger partial charge is 0.481 e. The highest BCUT2D eigenvalue weighted by Gasteiger charge is 2.14. The molecule has 60 valence electrons. The minimum atomic E-state index is -0.760. The standard InChI is InChI=1S/C7H15NO2/c1-3-6(5(2)8)4-7(9)10/h5-6H,3-4,8H2,1-2H3,(H,9,10). The van der Waals surface area contributed by atoms with Crippen LogP contribution in [0.25, 0.3) is 0 Å². The summed E-state index contributed by atoms with van der Waals surface area (Å²) in [5, 5.41) is 8.41. The van der Waals surface area contributed by atoms with Crippen molar-refractivity contribution in [2.75, 3.05) is 0 Å². The van der Waals surface area contributed by atoms with Crippen molar-refractivity contribution in [3.63, 3.8) is 0 Å². The third-order valence-electron chi connectivity index (χ3n) is 1.70. The van der Waals surface area contributed by atoms with Crippen molar-refractivity contribution < 1.29 is 9.90 Å². The Morgan fingerprint density at radius 2 is 2.20 bits per heavy atom. The SMILES string of the molecule is CCC(CC(=O)O)C(C)N. The predicted octanol–water partition coefficient (Wildman–Crippen LogP) is 0.835. The van der Waals surface area contributed by atoms with Gasteiger partial charge in [0.1, 0.15) is 0 Å². The van der Waals surface area contributed by atoms with Crippen LogP contribution < -0.4 is 5.73 Å². The van der Waals surface area contributed by atoms with Gasteiger partial charge in [0, 0.05) is 12.5 Å². The monoisotopic (exact) mass is 145 g/mol. The van der Waals surface area contributed by atoms with Crippen LogP contribution in [0.1, 0.15) is 26.7 Å². The quantitative estimate of drug-likeness (QED) is 0.616. The molecule has 0 saturated carbocycles. The van der Waals surface area contributed by atoms with E-state index in [2.05, 4.69) is 0 Å². The van der Waals surface area contributed by atoms with Gasteiger partial charge in [-0.1, -0.05) is 13.3 Å². The van der Waals surface area contributed by atoms with Gasteiger partial charge in [-0.05, 0) is 12.8 Å². The van der Waals surface area contributed by atoms with E-state index >= 15 is 0 Å². The average molecular weight is 145 g/mol. The fraction of sp³-hybridized carbons (Fsp3) is 0.857. The van der Waals surface area contributed by atoms with Crippen molar-refractivity contribution in [2.45, 2.75) is 32.7 Å². The summed E-state index contributed by atoms with van der Waals surface area (Å²) >= 11 is 0. The number of rotatable bonds is 4. The highest BCUT2D eigenvalue weighted by Crippen LogP contribution is 2.10. The summed E-state index contributed by atoms with van der Waals surface area (Å²) in [5.41, 5.74) is 5.53. The van der Waals surface area contributed by atoms with Gasteiger partial charge in [-0.25, -0.2) is 0 Å². The lowest BCUT2D eigenvalue weighted by Gasteiger charge is -2.15. The molecule has 0 aromatic rings. The van der Waals surface area contributed by atoms with E-state index in [0.717, 1.165) is 6.42 Å². The number of carbonyl (C=O) groups is 1. The van der Waals surface area contributed by atoms with Crippen LogP contribution >= 0.6 is 0 Å². The lowest BCUT2D eigenvalue weighted by Crippen LogP contribution is -2.27. The van der Waals surface area contributed by atoms with Crippen LogP contribution in [0.4, 0.5) is 0 Å². The van der Waals surface area contributed by atoms with Crippen molar-refractivity contribution in [3.8, 4) is 0 Å². The molecule has 0 amide bonds. The Labute approximate surface area is 61.2 Å². The van der Waals surface area contributed by atoms with E-state index in [0.29, 0.717) is 0 Å². The van der Waals surface area contributed by atoms with Crippen LogP contribution in [0.2, 0.25) is 0 Å². The zero-order valence-corrected chi connectivity index (χ0v) is 6.50. The Kier molecular flexibility index (Phi) is 4.03. The molecule has 2 atom stereocenters. The molecule has 0 aromatic heterocycles. The lowest BCUT2D eigenvalue weighted by atomic mass is 9.96. The Bertz CT molecular complexity index is 112. The first-order valence-electron chi connectivity index (χ1n) is 3.55. The van der Waals surface area contributed by atoms with Crippen molar-refractivity contribution in [1.29, 1.82) is 0 Å². The molecule has 0 radical (unpaired) electrons. The van der Waals surface area contributed by atoms with Crippen molar-refractivity contribution in [2.24, 2.45) is 11.7 Å². The topological polar surface area (TPSA) is 63.3 Å². The fourth-order valence-electron chi connectivity index (χ4n) is 0.926. The van der Waals surface area contributed by atoms with Gasteiger partial charge < -0.3 is 10.8 Å². The molecule has 3 heteroatoms. The van der Waals surface area contributed by atoms with Crippen LogP contribution in [-0.4, -0.2) is 17.1 Å². The molecule has 0 aromatic carbocycles. The molecule has 0 rings (SSSR count). The van der Waals surface area contributed by atoms with Gasteiger partial charge in [0.15, 0.2) is 0 Å². The second kappa shape index (κ2) is 4.28. The molecule has 0 spiro atoms. The van der Waals surface area contributed by atoms with Gasteiger partial charge in [0.25, 0.3) is 0 Å². The maximum Gasteiger partial charge on any atom is 0.303 e. The number of nitrogens with two attached hydrogens (primary N) is 1. The molecule has 0 bridgehead atoms. The average Bonchev–Trinajstić information content (AvgIpc) is 1.81. The Morgan fingerprint density at radius 3 is 2.30 bits per heavy atom. The van der Waals surface area contributed by atoms with E-state index in [1.807, 2.05) is 13.8 Å². The number of hydrogen-bond donors (Lipinski definition) is 2. The van der Waals surface area contributed by atoms with Crippen molar-refractivity contribution >= 4 is 5.97 Å². The highest BCUT2D eigenvalue weighted by molar-refractivity contribution is 5.67. The van der Waals surface area contributed by atoms with E-state index in [-0.39, 0.29) is 18.4 Å². The first-order valence-corrected chi connectivity index (χ1v) is 3.55. The molecular weight excluding hydrogens is 130 g/mol. The van der Waals surface area contributed by atoms with E-state index < -0.39 is 5.97 Å². The van der Waals surface area contributed by atoms with Crippen molar-refractivity contribution in [3.05, 3.63) is 0 Å². The molecular formula is C7H15NO2. The summed E-state index contributed by atoms with van der Waals surface area (Å²) in [6, 6.07) is -0.0129. The minimum Gasteiger partial charge on any atom is -0.481 e. The molecule has 0 aliphatic carbocycles. The van der Waals surface area contributed by atoms with E-state index in [1.165, 1.54) is 0 Å². The second-order valence-electron chi connectivity index (χ2n) is 2.63. The van der Waals surface area contributed by atoms with Gasteiger partial charge in [0.05, 0.1) is 0 Å². The third kappa shape index (κ3) is 3.45. The summed E-state index contributed by atoms with van der Waals surface area (Å²) in [7, 11) is 0. The van der Waals surface area contributed by atoms with E-state index in [1.54, 1.807) is 0 Å². The molecule has 3 N–H and O–H groups in total. The van der Waals surface area contributed by atoms with Gasteiger partial charge >= 0.3 is 5.97 Å². The summed E-state index contributed by atoms with van der Waals surface area (Å²) < 4.78 is 0. The third-order valence-corrected chi connectivity index (χ3v) is 1.70. The normalized spacial score (nSPS) is 16.3. The Balaban J connectivity index is 3.71. The second-order valence-corrected chi connectivity index (χ2v) is 2.63. The van der Waals surface area contributed by atoms with Crippen LogP contribution in [0, 0.1) is 5.92 Å². The maximum absolute atomic E-state index is 10.2. The van der Waals surface area contributed by atoms with E-state index in [9.17, 15) is 4.79 Å². The van der Waals surface area contributed by atoms with Crippen LogP contribution in [0.3, 0.4) is 0 Å². The summed E-state index contributed by atoms with van der Waals surface area (Å²) in [4.78, 5) is 10.2. The van der Waals surface area contributed by atoms with Crippen LogP contribution in [-0.2, 0) is 4.79 Å². The molecule has 2 unspecified atom stereocenters. The van der Waals surface area contributed by atoms with Crippen LogP contribution in [0.15, 0.2) is 0 Å². The first-order chi connectivity index (χ1) is 4.57. The molecule has 10 heavy (non-hydrogen) atoms. The maximum atomic E-state index is 10.2. The molecule has 0 aliphatic heterocycles. The predicted molar refractivity (Wildman–Crippen MR) is 39.7 cm³/mol. The van der Waals surface area contributed by atoms with Gasteiger partial charge in [-0.15, -0.1) is 0 Å². The van der Waals surface area contributed by atoms with Gasteiger partial charge in [0.2, 0.25) is 0 Å². The zero-order chi connectivity index (χ0) is 8.15. The summed E-state index contributed by atoms with van der Waals surface area (Å²) in [6.07, 6.45) is 1.03. The zero-order valence-electron chi connectivity index (χ0n) is 6.50. The van der Waals surface area contributed by atoms with Gasteiger partial charge in [-0.3, -0.25) is 4.79 Å². The molecule has 3 nitrogen and oxygen atoms in total. The number of carboxylic acids is 1. The first kappa shape index (κ1) is 9.43. The number of aliphatic carboxylic acids is 1. The summed E-state index contributed by atoms with van der Waals surface area (Å²) in [6.45, 7) is 3.80. The number of carboxylic acid groups (broad SMARTS) is 1. The highest BCUT2D eigenvalue weighted by atomic mass is 16.4. The Hall–Kier alpha value is -0.570. The Morgan fingerprint density at radius 1 is 1.70 bits per heavy atom. The van der Waals surface area contributed by atoms with Gasteiger partial charge in [-0.2, -0.15) is 0 Å². The molecule has 0 saturated heterocycles. The summed E-state index contributed by atoms with van der Waals surface area (Å²) in [5.74, 6) is -0.637. The molecule has 0 heterocycles. The minimum absolute atomic E-state index is 0.0129. The van der Waals surface area contributed by atoms with E-state index in [4.69, 9.17) is 10.8 Å². The van der Waals surface area contributed by atoms with Crippen molar-refractivity contribution in [1.82, 2.24) is 0 Å². The fourth-order valence-corrected chi connectivity index (χ4v) is 0.926. The van der Waals surface area contributed by atoms with Crippen LogP contribution in [0.5, 0.6) is 0 Å². The molecule has 0 fully saturated rings.